The van der Waals surface area contributed by atoms with E-state index in [1.165, 1.54) is 19.2 Å². The molecule has 134 valence electrons. The van der Waals surface area contributed by atoms with Gasteiger partial charge in [-0.2, -0.15) is 0 Å². The largest absolute Gasteiger partial charge is 0.508 e. The molecule has 2 aromatic carbocycles. The lowest BCUT2D eigenvalue weighted by molar-refractivity contribution is -0.121. The Morgan fingerprint density at radius 1 is 1.23 bits per heavy atom. The van der Waals surface area contributed by atoms with Crippen molar-refractivity contribution in [2.45, 2.75) is 11.7 Å². The third kappa shape index (κ3) is 3.65. The van der Waals surface area contributed by atoms with E-state index in [1.54, 1.807) is 36.4 Å². The van der Waals surface area contributed by atoms with Gasteiger partial charge in [-0.3, -0.25) is 14.4 Å². The number of imide groups is 1. The van der Waals surface area contributed by atoms with Crippen LogP contribution in [0.4, 0.5) is 16.2 Å². The second kappa shape index (κ2) is 7.49. The van der Waals surface area contributed by atoms with E-state index in [9.17, 15) is 19.5 Å². The lowest BCUT2D eigenvalue weighted by Crippen LogP contribution is -2.33. The van der Waals surface area contributed by atoms with E-state index >= 15 is 0 Å². The Labute approximate surface area is 153 Å². The number of para-hydroxylation sites is 2. The number of nitrogens with zero attached hydrogens (tertiary/aromatic N) is 1. The van der Waals surface area contributed by atoms with Crippen LogP contribution in [0.2, 0.25) is 0 Å². The van der Waals surface area contributed by atoms with E-state index in [-0.39, 0.29) is 12.2 Å². The van der Waals surface area contributed by atoms with Crippen LogP contribution in [0.3, 0.4) is 0 Å². The minimum absolute atomic E-state index is 0.0200. The third-order valence-corrected chi connectivity index (χ3v) is 4.79. The maximum Gasteiger partial charge on any atom is 0.293 e. The van der Waals surface area contributed by atoms with Crippen molar-refractivity contribution < 1.29 is 24.2 Å². The number of ether oxygens (including phenoxy) is 1. The second-order valence-corrected chi connectivity index (χ2v) is 6.67. The minimum Gasteiger partial charge on any atom is -0.508 e. The number of amides is 3. The first kappa shape index (κ1) is 17.8. The van der Waals surface area contributed by atoms with Crippen molar-refractivity contribution >= 4 is 40.2 Å². The summed E-state index contributed by atoms with van der Waals surface area (Å²) in [5.41, 5.74) is 0.770. The van der Waals surface area contributed by atoms with Crippen LogP contribution in [0, 0.1) is 0 Å². The number of rotatable bonds is 5. The Balaban J connectivity index is 1.71. The number of phenols is 1. The molecule has 7 nitrogen and oxygen atoms in total. The number of methoxy groups -OCH3 is 1. The quantitative estimate of drug-likeness (QED) is 0.838. The first-order valence-corrected chi connectivity index (χ1v) is 8.64. The zero-order chi connectivity index (χ0) is 18.7. The summed E-state index contributed by atoms with van der Waals surface area (Å²) in [5, 5.41) is 10.8. The Kier molecular flexibility index (Phi) is 5.13. The topological polar surface area (TPSA) is 95.9 Å². The lowest BCUT2D eigenvalue weighted by atomic mass is 10.2. The molecule has 1 aliphatic rings. The van der Waals surface area contributed by atoms with Crippen molar-refractivity contribution in [2.24, 2.45) is 0 Å². The van der Waals surface area contributed by atoms with Crippen LogP contribution >= 0.6 is 11.8 Å². The summed E-state index contributed by atoms with van der Waals surface area (Å²) in [5.74, 6) is -0.460. The van der Waals surface area contributed by atoms with Gasteiger partial charge in [0.05, 0.1) is 12.8 Å². The number of nitrogens with one attached hydrogen (secondary N) is 1. The summed E-state index contributed by atoms with van der Waals surface area (Å²) in [4.78, 5) is 38.2. The zero-order valence-corrected chi connectivity index (χ0v) is 14.7. The molecule has 26 heavy (non-hydrogen) atoms. The van der Waals surface area contributed by atoms with Crippen LogP contribution in [0.15, 0.2) is 48.5 Å². The van der Waals surface area contributed by atoms with Crippen molar-refractivity contribution in [2.75, 3.05) is 17.3 Å². The molecule has 0 aromatic heterocycles. The van der Waals surface area contributed by atoms with Gasteiger partial charge in [-0.25, -0.2) is 4.90 Å². The fraction of sp³-hybridized carbons (Fsp3) is 0.167. The number of phenolic OH excluding ortho intramolecular Hbond substituents is 1. The van der Waals surface area contributed by atoms with Crippen molar-refractivity contribution in [3.8, 4) is 11.5 Å². The molecule has 0 saturated carbocycles. The predicted molar refractivity (Wildman–Crippen MR) is 98.6 cm³/mol. The number of carbonyl (C=O) groups excluding carboxylic acids is 3. The molecule has 2 aromatic rings. The molecule has 1 atom stereocenters. The Morgan fingerprint density at radius 3 is 2.73 bits per heavy atom. The summed E-state index contributed by atoms with van der Waals surface area (Å²) in [6.07, 6.45) is -0.156. The number of hydrogen-bond acceptors (Lipinski definition) is 6. The van der Waals surface area contributed by atoms with Crippen molar-refractivity contribution in [1.82, 2.24) is 0 Å². The van der Waals surface area contributed by atoms with Gasteiger partial charge >= 0.3 is 0 Å². The minimum atomic E-state index is -0.815. The first-order chi connectivity index (χ1) is 12.5. The summed E-state index contributed by atoms with van der Waals surface area (Å²) in [7, 11) is 1.46. The maximum atomic E-state index is 12.6. The van der Waals surface area contributed by atoms with Gasteiger partial charge in [0.1, 0.15) is 16.7 Å². The Hall–Kier alpha value is -3.00. The van der Waals surface area contributed by atoms with E-state index in [1.807, 2.05) is 0 Å². The van der Waals surface area contributed by atoms with E-state index in [4.69, 9.17) is 4.74 Å². The molecule has 0 aliphatic carbocycles. The fourth-order valence-electron chi connectivity index (χ4n) is 2.58. The van der Waals surface area contributed by atoms with Crippen molar-refractivity contribution in [3.63, 3.8) is 0 Å². The van der Waals surface area contributed by atoms with Gasteiger partial charge in [0.25, 0.3) is 5.24 Å². The molecule has 1 fully saturated rings. The Morgan fingerprint density at radius 2 is 2.00 bits per heavy atom. The molecular formula is C18H16N2O5S. The molecule has 3 amide bonds. The van der Waals surface area contributed by atoms with E-state index in [0.717, 1.165) is 16.7 Å². The molecule has 1 unspecified atom stereocenters. The zero-order valence-electron chi connectivity index (χ0n) is 13.8. The van der Waals surface area contributed by atoms with Crippen LogP contribution in [-0.4, -0.2) is 34.5 Å². The number of benzene rings is 2. The molecular weight excluding hydrogens is 356 g/mol. The van der Waals surface area contributed by atoms with E-state index in [0.29, 0.717) is 17.1 Å². The molecule has 3 rings (SSSR count). The summed E-state index contributed by atoms with van der Waals surface area (Å²) in [6.45, 7) is 0. The molecule has 1 heterocycles. The molecule has 0 radical (unpaired) electrons. The maximum absolute atomic E-state index is 12.6. The number of hydrogen-bond donors (Lipinski definition) is 2. The Bertz CT molecular complexity index is 870. The average Bonchev–Trinajstić information content (AvgIpc) is 2.88. The van der Waals surface area contributed by atoms with Crippen LogP contribution in [0.5, 0.6) is 11.5 Å². The second-order valence-electron chi connectivity index (χ2n) is 5.52. The number of thioether (sulfide) groups is 1. The third-order valence-electron chi connectivity index (χ3n) is 3.75. The smallest absolute Gasteiger partial charge is 0.293 e. The highest BCUT2D eigenvalue weighted by Crippen LogP contribution is 2.37. The predicted octanol–water partition coefficient (Wildman–Crippen LogP) is 3.00. The monoisotopic (exact) mass is 372 g/mol. The van der Waals surface area contributed by atoms with Crippen LogP contribution in [-0.2, 0) is 9.59 Å². The SMILES string of the molecule is COc1ccccc1N1C(=O)SC(CC(=O)Nc2cccc(O)c2)C1=O. The fourth-order valence-corrected chi connectivity index (χ4v) is 3.56. The molecule has 8 heteroatoms. The molecule has 0 spiro atoms. The summed E-state index contributed by atoms with van der Waals surface area (Å²) < 4.78 is 5.20. The summed E-state index contributed by atoms with van der Waals surface area (Å²) in [6, 6.07) is 12.8. The highest BCUT2D eigenvalue weighted by Gasteiger charge is 2.42. The van der Waals surface area contributed by atoms with Gasteiger partial charge in [-0.1, -0.05) is 18.2 Å². The van der Waals surface area contributed by atoms with Crippen molar-refractivity contribution in [3.05, 3.63) is 48.5 Å². The first-order valence-electron chi connectivity index (χ1n) is 7.76. The molecule has 1 saturated heterocycles. The molecule has 1 aliphatic heterocycles. The molecule has 2 N–H and O–H groups in total. The van der Waals surface area contributed by atoms with Gasteiger partial charge in [0.2, 0.25) is 11.8 Å². The normalized spacial score (nSPS) is 16.7. The van der Waals surface area contributed by atoms with Gasteiger partial charge < -0.3 is 15.2 Å². The number of carbonyl (C=O) groups is 3. The molecule has 0 bridgehead atoms. The number of aromatic hydroxyl groups is 1. The van der Waals surface area contributed by atoms with Gasteiger partial charge in [0.15, 0.2) is 0 Å². The highest BCUT2D eigenvalue weighted by molar-refractivity contribution is 8.15. The average molecular weight is 372 g/mol. The van der Waals surface area contributed by atoms with Crippen LogP contribution in [0.1, 0.15) is 6.42 Å². The summed E-state index contributed by atoms with van der Waals surface area (Å²) >= 11 is 0.810. The van der Waals surface area contributed by atoms with Gasteiger partial charge in [0, 0.05) is 18.2 Å². The van der Waals surface area contributed by atoms with Gasteiger partial charge in [-0.05, 0) is 36.0 Å². The van der Waals surface area contributed by atoms with E-state index < -0.39 is 22.3 Å². The number of anilines is 2. The highest BCUT2D eigenvalue weighted by atomic mass is 32.2. The van der Waals surface area contributed by atoms with Crippen LogP contribution in [0.25, 0.3) is 0 Å². The van der Waals surface area contributed by atoms with Crippen LogP contribution < -0.4 is 15.0 Å². The lowest BCUT2D eigenvalue weighted by Gasteiger charge is -2.16. The van der Waals surface area contributed by atoms with Gasteiger partial charge in [-0.15, -0.1) is 0 Å². The van der Waals surface area contributed by atoms with E-state index in [2.05, 4.69) is 5.32 Å². The van der Waals surface area contributed by atoms with Crippen molar-refractivity contribution in [1.29, 1.82) is 0 Å². The standard InChI is InChI=1S/C18H16N2O5S/c1-25-14-8-3-2-7-13(14)20-17(23)15(26-18(20)24)10-16(22)19-11-5-4-6-12(21)9-11/h2-9,15,21H,10H2,1H3,(H,19,22).